The molecule has 1 aliphatic rings. The quantitative estimate of drug-likeness (QED) is 0.884. The molecular weight excluding hydrogens is 230 g/mol. The van der Waals surface area contributed by atoms with Gasteiger partial charge in [0, 0.05) is 11.8 Å². The molecule has 0 aromatic carbocycles. The Balaban J connectivity index is 1.98. The summed E-state index contributed by atoms with van der Waals surface area (Å²) in [5, 5.41) is 0. The Hall–Kier alpha value is -1.36. The molecule has 1 fully saturated rings. The van der Waals surface area contributed by atoms with Crippen molar-refractivity contribution >= 4 is 0 Å². The third-order valence-corrected chi connectivity index (χ3v) is 3.36. The van der Waals surface area contributed by atoms with E-state index in [-0.39, 0.29) is 5.54 Å². The van der Waals surface area contributed by atoms with Crippen LogP contribution in [0.3, 0.4) is 0 Å². The van der Waals surface area contributed by atoms with E-state index in [0.717, 1.165) is 18.5 Å². The second-order valence-electron chi connectivity index (χ2n) is 5.05. The third kappa shape index (κ3) is 3.32. The Labute approximate surface area is 108 Å². The lowest BCUT2D eigenvalue weighted by molar-refractivity contribution is 0.162. The Morgan fingerprint density at radius 1 is 1.28 bits per heavy atom. The highest BCUT2D eigenvalue weighted by atomic mass is 16.5. The van der Waals surface area contributed by atoms with Gasteiger partial charge >= 0.3 is 6.01 Å². The maximum atomic E-state index is 6.30. The van der Waals surface area contributed by atoms with Crippen molar-refractivity contribution in [3.8, 4) is 11.9 Å². The first-order chi connectivity index (χ1) is 8.61. The number of nitrogens with zero attached hydrogens (tertiary/aromatic N) is 2. The summed E-state index contributed by atoms with van der Waals surface area (Å²) in [5.41, 5.74) is 6.91. The lowest BCUT2D eigenvalue weighted by Crippen LogP contribution is -2.47. The Bertz CT molecular complexity index is 403. The van der Waals surface area contributed by atoms with Gasteiger partial charge in [-0.05, 0) is 19.8 Å². The topological polar surface area (TPSA) is 70.3 Å². The highest BCUT2D eigenvalue weighted by Crippen LogP contribution is 2.26. The fraction of sp³-hybridized carbons (Fsp3) is 0.692. The SMILES string of the molecule is COc1cc(C)nc(OCC2(N)CCCCC2)n1. The minimum absolute atomic E-state index is 0.224. The minimum Gasteiger partial charge on any atom is -0.481 e. The summed E-state index contributed by atoms with van der Waals surface area (Å²) in [6.45, 7) is 2.36. The number of rotatable bonds is 4. The molecule has 0 atom stereocenters. The van der Waals surface area contributed by atoms with Gasteiger partial charge in [0.2, 0.25) is 5.88 Å². The van der Waals surface area contributed by atoms with Gasteiger partial charge in [0.05, 0.1) is 12.6 Å². The molecule has 0 radical (unpaired) electrons. The minimum atomic E-state index is -0.224. The van der Waals surface area contributed by atoms with Gasteiger partial charge in [0.1, 0.15) is 6.61 Å². The van der Waals surface area contributed by atoms with Crippen molar-refractivity contribution < 1.29 is 9.47 Å². The van der Waals surface area contributed by atoms with Crippen LogP contribution in [0, 0.1) is 6.92 Å². The fourth-order valence-corrected chi connectivity index (χ4v) is 2.29. The summed E-state index contributed by atoms with van der Waals surface area (Å²) in [4.78, 5) is 8.38. The van der Waals surface area contributed by atoms with Crippen molar-refractivity contribution in [1.82, 2.24) is 9.97 Å². The molecule has 0 bridgehead atoms. The summed E-state index contributed by atoms with van der Waals surface area (Å²) in [6.07, 6.45) is 5.65. The average Bonchev–Trinajstić information content (AvgIpc) is 2.37. The van der Waals surface area contributed by atoms with Crippen LogP contribution in [0.4, 0.5) is 0 Å². The number of hydrogen-bond acceptors (Lipinski definition) is 5. The summed E-state index contributed by atoms with van der Waals surface area (Å²) >= 11 is 0. The van der Waals surface area contributed by atoms with Gasteiger partial charge in [0.25, 0.3) is 0 Å². The third-order valence-electron chi connectivity index (χ3n) is 3.36. The van der Waals surface area contributed by atoms with Crippen molar-refractivity contribution in [2.45, 2.75) is 44.6 Å². The molecular formula is C13H21N3O2. The number of methoxy groups -OCH3 is 1. The predicted octanol–water partition coefficient (Wildman–Crippen LogP) is 1.83. The van der Waals surface area contributed by atoms with E-state index in [4.69, 9.17) is 15.2 Å². The van der Waals surface area contributed by atoms with Crippen LogP contribution >= 0.6 is 0 Å². The van der Waals surface area contributed by atoms with Crippen LogP contribution in [-0.2, 0) is 0 Å². The number of hydrogen-bond donors (Lipinski definition) is 1. The van der Waals surface area contributed by atoms with Crippen LogP contribution in [0.25, 0.3) is 0 Å². The van der Waals surface area contributed by atoms with Crippen LogP contribution in [0.5, 0.6) is 11.9 Å². The molecule has 0 spiro atoms. The van der Waals surface area contributed by atoms with E-state index < -0.39 is 0 Å². The van der Waals surface area contributed by atoms with E-state index in [9.17, 15) is 0 Å². The van der Waals surface area contributed by atoms with E-state index in [2.05, 4.69) is 9.97 Å². The molecule has 1 aromatic heterocycles. The average molecular weight is 251 g/mol. The molecule has 0 amide bonds. The number of aryl methyl sites for hydroxylation is 1. The monoisotopic (exact) mass is 251 g/mol. The Morgan fingerprint density at radius 2 is 2.00 bits per heavy atom. The van der Waals surface area contributed by atoms with Crippen molar-refractivity contribution in [1.29, 1.82) is 0 Å². The van der Waals surface area contributed by atoms with Crippen molar-refractivity contribution in [3.05, 3.63) is 11.8 Å². The molecule has 1 aromatic rings. The van der Waals surface area contributed by atoms with Crippen molar-refractivity contribution in [2.75, 3.05) is 13.7 Å². The standard InChI is InChI=1S/C13H21N3O2/c1-10-8-11(17-2)16-12(15-10)18-9-13(14)6-4-3-5-7-13/h8H,3-7,9,14H2,1-2H3. The number of aromatic nitrogens is 2. The van der Waals surface area contributed by atoms with E-state index in [1.54, 1.807) is 13.2 Å². The smallest absolute Gasteiger partial charge is 0.319 e. The molecule has 2 rings (SSSR count). The number of ether oxygens (including phenoxy) is 2. The van der Waals surface area contributed by atoms with Gasteiger partial charge in [-0.1, -0.05) is 19.3 Å². The number of nitrogens with two attached hydrogens (primary N) is 1. The molecule has 1 heterocycles. The van der Waals surface area contributed by atoms with Crippen LogP contribution in [0.2, 0.25) is 0 Å². The maximum Gasteiger partial charge on any atom is 0.319 e. The predicted molar refractivity (Wildman–Crippen MR) is 68.8 cm³/mol. The zero-order valence-corrected chi connectivity index (χ0v) is 11.1. The van der Waals surface area contributed by atoms with Crippen LogP contribution in [0.15, 0.2) is 6.07 Å². The highest BCUT2D eigenvalue weighted by molar-refractivity contribution is 5.17. The second kappa shape index (κ2) is 5.52. The van der Waals surface area contributed by atoms with Gasteiger partial charge in [-0.15, -0.1) is 0 Å². The van der Waals surface area contributed by atoms with Gasteiger partial charge in [-0.25, -0.2) is 4.98 Å². The molecule has 18 heavy (non-hydrogen) atoms. The van der Waals surface area contributed by atoms with Crippen molar-refractivity contribution in [2.24, 2.45) is 5.73 Å². The van der Waals surface area contributed by atoms with Crippen molar-refractivity contribution in [3.63, 3.8) is 0 Å². The normalized spacial score (nSPS) is 18.4. The summed E-state index contributed by atoms with van der Waals surface area (Å²) in [6, 6.07) is 2.12. The molecule has 1 aliphatic carbocycles. The molecule has 5 heteroatoms. The highest BCUT2D eigenvalue weighted by Gasteiger charge is 2.28. The lowest BCUT2D eigenvalue weighted by Gasteiger charge is -2.32. The van der Waals surface area contributed by atoms with Gasteiger partial charge < -0.3 is 15.2 Å². The molecule has 1 saturated carbocycles. The lowest BCUT2D eigenvalue weighted by atomic mass is 9.83. The molecule has 100 valence electrons. The molecule has 2 N–H and O–H groups in total. The Kier molecular flexibility index (Phi) is 4.01. The Morgan fingerprint density at radius 3 is 2.67 bits per heavy atom. The van der Waals surface area contributed by atoms with E-state index in [1.807, 2.05) is 6.92 Å². The first-order valence-electron chi connectivity index (χ1n) is 6.43. The fourth-order valence-electron chi connectivity index (χ4n) is 2.29. The van der Waals surface area contributed by atoms with Gasteiger partial charge in [-0.3, -0.25) is 0 Å². The molecule has 0 saturated heterocycles. The zero-order valence-electron chi connectivity index (χ0n) is 11.1. The zero-order chi connectivity index (χ0) is 13.0. The van der Waals surface area contributed by atoms with Crippen LogP contribution in [0.1, 0.15) is 37.8 Å². The maximum absolute atomic E-state index is 6.30. The van der Waals surface area contributed by atoms with E-state index in [0.29, 0.717) is 18.5 Å². The second-order valence-corrected chi connectivity index (χ2v) is 5.05. The summed E-state index contributed by atoms with van der Waals surface area (Å²) in [7, 11) is 1.58. The molecule has 0 aliphatic heterocycles. The van der Waals surface area contributed by atoms with E-state index >= 15 is 0 Å². The van der Waals surface area contributed by atoms with Crippen LogP contribution in [-0.4, -0.2) is 29.2 Å². The first kappa shape index (κ1) is 13.1. The van der Waals surface area contributed by atoms with Crippen LogP contribution < -0.4 is 15.2 Å². The van der Waals surface area contributed by atoms with Gasteiger partial charge in [-0.2, -0.15) is 4.98 Å². The largest absolute Gasteiger partial charge is 0.481 e. The molecule has 5 nitrogen and oxygen atoms in total. The first-order valence-corrected chi connectivity index (χ1v) is 6.43. The molecule has 0 unspecified atom stereocenters. The van der Waals surface area contributed by atoms with Gasteiger partial charge in [0.15, 0.2) is 0 Å². The summed E-state index contributed by atoms with van der Waals surface area (Å²) in [5.74, 6) is 0.521. The van der Waals surface area contributed by atoms with E-state index in [1.165, 1.54) is 19.3 Å². The summed E-state index contributed by atoms with van der Waals surface area (Å²) < 4.78 is 10.7.